The number of rotatable bonds is 7. The molecule has 1 aromatic heterocycles. The summed E-state index contributed by atoms with van der Waals surface area (Å²) in [4.78, 5) is 22.1. The van der Waals surface area contributed by atoms with E-state index in [2.05, 4.69) is 16.8 Å². The number of hydrogen-bond donors (Lipinski definition) is 0. The van der Waals surface area contributed by atoms with Crippen LogP contribution in [0, 0.1) is 19.3 Å². The minimum absolute atomic E-state index is 0.264. The van der Waals surface area contributed by atoms with Crippen LogP contribution >= 0.6 is 0 Å². The van der Waals surface area contributed by atoms with E-state index in [1.165, 1.54) is 0 Å². The van der Waals surface area contributed by atoms with Crippen molar-refractivity contribution in [3.8, 4) is 5.75 Å². The van der Waals surface area contributed by atoms with Gasteiger partial charge in [0.25, 0.3) is 0 Å². The van der Waals surface area contributed by atoms with Gasteiger partial charge in [0.2, 0.25) is 5.91 Å². The average molecular weight is 390 g/mol. The Hall–Kier alpha value is -1.66. The van der Waals surface area contributed by atoms with Gasteiger partial charge in [0.15, 0.2) is 0 Å². The summed E-state index contributed by atoms with van der Waals surface area (Å²) >= 11 is 0. The van der Waals surface area contributed by atoms with Crippen LogP contribution in [0.2, 0.25) is 0 Å². The van der Waals surface area contributed by atoms with Crippen molar-refractivity contribution in [1.29, 1.82) is 0 Å². The quantitative estimate of drug-likeness (QED) is 0.718. The molecular formula is C22H35N3O3. The largest absolute Gasteiger partial charge is 0.496 e. The predicted molar refractivity (Wildman–Crippen MR) is 109 cm³/mol. The van der Waals surface area contributed by atoms with Crippen LogP contribution < -0.4 is 4.74 Å². The van der Waals surface area contributed by atoms with Crippen molar-refractivity contribution in [2.24, 2.45) is 5.41 Å². The first-order chi connectivity index (χ1) is 13.4. The van der Waals surface area contributed by atoms with E-state index in [9.17, 15) is 4.79 Å². The van der Waals surface area contributed by atoms with Gasteiger partial charge in [-0.1, -0.05) is 6.42 Å². The summed E-state index contributed by atoms with van der Waals surface area (Å²) < 4.78 is 10.9. The smallest absolute Gasteiger partial charge is 0.231 e. The molecule has 6 heteroatoms. The molecule has 1 amide bonds. The first-order valence-corrected chi connectivity index (χ1v) is 10.4. The zero-order valence-electron chi connectivity index (χ0n) is 18.1. The molecule has 0 bridgehead atoms. The zero-order valence-corrected chi connectivity index (χ0v) is 18.1. The number of carbonyl (C=O) groups excluding carboxylic acids is 1. The molecule has 6 nitrogen and oxygen atoms in total. The third-order valence-electron chi connectivity index (χ3n) is 6.73. The molecular weight excluding hydrogens is 354 g/mol. The Morgan fingerprint density at radius 3 is 2.50 bits per heavy atom. The molecule has 0 unspecified atom stereocenters. The molecule has 1 aliphatic carbocycles. The maximum absolute atomic E-state index is 13.1. The Bertz CT molecular complexity index is 695. The molecule has 0 radical (unpaired) electrons. The fraction of sp³-hybridized carbons (Fsp3) is 0.727. The number of likely N-dealkylation sites (tertiary alicyclic amines) is 1. The second-order valence-corrected chi connectivity index (χ2v) is 8.54. The van der Waals surface area contributed by atoms with E-state index >= 15 is 0 Å². The summed E-state index contributed by atoms with van der Waals surface area (Å²) in [6, 6.07) is 0.319. The Labute approximate surface area is 169 Å². The summed E-state index contributed by atoms with van der Waals surface area (Å²) in [6.07, 6.45) is 6.97. The van der Waals surface area contributed by atoms with E-state index < -0.39 is 0 Å². The van der Waals surface area contributed by atoms with Crippen LogP contribution in [-0.4, -0.2) is 67.7 Å². The van der Waals surface area contributed by atoms with Gasteiger partial charge in [0.05, 0.1) is 24.8 Å². The van der Waals surface area contributed by atoms with Gasteiger partial charge in [0, 0.05) is 57.2 Å². The number of nitrogens with zero attached hydrogens (tertiary/aromatic N) is 3. The highest BCUT2D eigenvalue weighted by molar-refractivity contribution is 5.84. The molecule has 2 aliphatic rings. The first-order valence-electron chi connectivity index (χ1n) is 10.4. The number of piperidine rings is 1. The molecule has 1 saturated carbocycles. The van der Waals surface area contributed by atoms with Gasteiger partial charge < -0.3 is 14.4 Å². The van der Waals surface area contributed by atoms with Crippen LogP contribution in [0.25, 0.3) is 0 Å². The summed E-state index contributed by atoms with van der Waals surface area (Å²) in [6.45, 7) is 7.46. The van der Waals surface area contributed by atoms with E-state index in [0.717, 1.165) is 74.3 Å². The van der Waals surface area contributed by atoms with Crippen molar-refractivity contribution in [3.05, 3.63) is 23.0 Å². The Morgan fingerprint density at radius 2 is 1.96 bits per heavy atom. The van der Waals surface area contributed by atoms with Crippen molar-refractivity contribution >= 4 is 5.91 Å². The lowest BCUT2D eigenvalue weighted by atomic mass is 9.68. The SMILES string of the molecule is COCC1(C(=O)N(C)C2CCN(Cc3ncc(C)c(OC)c3C)CC2)CCC1. The number of aromatic nitrogens is 1. The minimum Gasteiger partial charge on any atom is -0.496 e. The summed E-state index contributed by atoms with van der Waals surface area (Å²) in [5.41, 5.74) is 3.02. The lowest BCUT2D eigenvalue weighted by molar-refractivity contribution is -0.153. The van der Waals surface area contributed by atoms with Crippen LogP contribution in [0.4, 0.5) is 0 Å². The molecule has 2 heterocycles. The third-order valence-corrected chi connectivity index (χ3v) is 6.73. The Morgan fingerprint density at radius 1 is 1.29 bits per heavy atom. The number of hydrogen-bond acceptors (Lipinski definition) is 5. The van der Waals surface area contributed by atoms with Gasteiger partial charge in [-0.2, -0.15) is 0 Å². The maximum atomic E-state index is 13.1. The van der Waals surface area contributed by atoms with Crippen molar-refractivity contribution in [2.75, 3.05) is 41.0 Å². The van der Waals surface area contributed by atoms with E-state index in [0.29, 0.717) is 12.6 Å². The van der Waals surface area contributed by atoms with Crippen molar-refractivity contribution in [1.82, 2.24) is 14.8 Å². The van der Waals surface area contributed by atoms with Crippen LogP contribution in [0.3, 0.4) is 0 Å². The highest BCUT2D eigenvalue weighted by atomic mass is 16.5. The van der Waals surface area contributed by atoms with Crippen LogP contribution in [0.15, 0.2) is 6.20 Å². The lowest BCUT2D eigenvalue weighted by Crippen LogP contribution is -2.54. The molecule has 28 heavy (non-hydrogen) atoms. The number of amides is 1. The van der Waals surface area contributed by atoms with Crippen LogP contribution in [0.5, 0.6) is 5.75 Å². The van der Waals surface area contributed by atoms with E-state index in [4.69, 9.17) is 9.47 Å². The fourth-order valence-electron chi connectivity index (χ4n) is 4.75. The highest BCUT2D eigenvalue weighted by Crippen LogP contribution is 2.43. The summed E-state index contributed by atoms with van der Waals surface area (Å²) in [7, 11) is 5.40. The number of carbonyl (C=O) groups is 1. The van der Waals surface area contributed by atoms with E-state index in [1.54, 1.807) is 14.2 Å². The summed E-state index contributed by atoms with van der Waals surface area (Å²) in [5, 5.41) is 0. The average Bonchev–Trinajstić information content (AvgIpc) is 2.67. The van der Waals surface area contributed by atoms with Crippen molar-refractivity contribution in [3.63, 3.8) is 0 Å². The molecule has 1 aromatic rings. The zero-order chi connectivity index (χ0) is 20.3. The van der Waals surface area contributed by atoms with Crippen LogP contribution in [-0.2, 0) is 16.1 Å². The first kappa shape index (κ1) is 21.1. The van der Waals surface area contributed by atoms with Gasteiger partial charge in [-0.3, -0.25) is 14.7 Å². The van der Waals surface area contributed by atoms with Crippen molar-refractivity contribution in [2.45, 2.75) is 58.5 Å². The maximum Gasteiger partial charge on any atom is 0.231 e. The number of aryl methyl sites for hydroxylation is 1. The molecule has 0 N–H and O–H groups in total. The normalized spacial score (nSPS) is 19.9. The van der Waals surface area contributed by atoms with Gasteiger partial charge >= 0.3 is 0 Å². The Kier molecular flexibility index (Phi) is 6.61. The molecule has 0 atom stereocenters. The Balaban J connectivity index is 1.57. The third kappa shape index (κ3) is 4.03. The molecule has 0 spiro atoms. The molecule has 1 aliphatic heterocycles. The number of pyridine rings is 1. The van der Waals surface area contributed by atoms with Crippen LogP contribution in [0.1, 0.15) is 48.9 Å². The standard InChI is InChI=1S/C22H35N3O3/c1-16-13-23-19(17(2)20(16)28-5)14-25-11-7-18(8-12-25)24(3)21(26)22(15-27-4)9-6-10-22/h13,18H,6-12,14-15H2,1-5H3. The van der Waals surface area contributed by atoms with Gasteiger partial charge in [0.1, 0.15) is 5.75 Å². The second kappa shape index (κ2) is 8.78. The minimum atomic E-state index is -0.264. The predicted octanol–water partition coefficient (Wildman–Crippen LogP) is 2.95. The molecule has 3 rings (SSSR count). The summed E-state index contributed by atoms with van der Waals surface area (Å²) in [5.74, 6) is 1.22. The van der Waals surface area contributed by atoms with Gasteiger partial charge in [-0.05, 0) is 39.5 Å². The monoisotopic (exact) mass is 389 g/mol. The molecule has 0 aromatic carbocycles. The molecule has 1 saturated heterocycles. The fourth-order valence-corrected chi connectivity index (χ4v) is 4.75. The highest BCUT2D eigenvalue weighted by Gasteiger charge is 2.46. The van der Waals surface area contributed by atoms with E-state index in [-0.39, 0.29) is 11.3 Å². The van der Waals surface area contributed by atoms with Crippen molar-refractivity contribution < 1.29 is 14.3 Å². The number of ether oxygens (including phenoxy) is 2. The topological polar surface area (TPSA) is 54.9 Å². The lowest BCUT2D eigenvalue weighted by Gasteiger charge is -2.45. The van der Waals surface area contributed by atoms with E-state index in [1.807, 2.05) is 25.1 Å². The molecule has 156 valence electrons. The second-order valence-electron chi connectivity index (χ2n) is 8.54. The van der Waals surface area contributed by atoms with Gasteiger partial charge in [-0.15, -0.1) is 0 Å². The molecule has 2 fully saturated rings. The van der Waals surface area contributed by atoms with Gasteiger partial charge in [-0.25, -0.2) is 0 Å². The number of methoxy groups -OCH3 is 2.